The fourth-order valence-corrected chi connectivity index (χ4v) is 2.55. The number of aliphatic hydroxyl groups excluding tert-OH is 1. The fourth-order valence-electron chi connectivity index (χ4n) is 2.55. The lowest BCUT2D eigenvalue weighted by Gasteiger charge is -2.32. The van der Waals surface area contributed by atoms with Crippen LogP contribution in [0.5, 0.6) is 0 Å². The molecule has 0 unspecified atom stereocenters. The molecule has 1 saturated carbocycles. The van der Waals surface area contributed by atoms with Gasteiger partial charge in [-0.25, -0.2) is 0 Å². The molecule has 0 aromatic carbocycles. The minimum absolute atomic E-state index is 0.105. The van der Waals surface area contributed by atoms with E-state index < -0.39 is 5.60 Å². The van der Waals surface area contributed by atoms with E-state index in [4.69, 9.17) is 5.11 Å². The molecule has 0 aliphatic heterocycles. The first-order valence-corrected chi connectivity index (χ1v) is 6.77. The van der Waals surface area contributed by atoms with Crippen LogP contribution in [0.2, 0.25) is 0 Å². The summed E-state index contributed by atoms with van der Waals surface area (Å²) in [5, 5.41) is 26.6. The van der Waals surface area contributed by atoms with E-state index in [9.17, 15) is 5.11 Å². The van der Waals surface area contributed by atoms with E-state index >= 15 is 0 Å². The number of aliphatic hydroxyl groups is 2. The average Bonchev–Trinajstić information content (AvgIpc) is 2.78. The molecular formula is C13H23N3O2. The van der Waals surface area contributed by atoms with Gasteiger partial charge in [0.2, 0.25) is 0 Å². The summed E-state index contributed by atoms with van der Waals surface area (Å²) < 4.78 is 1.73. The molecule has 5 heteroatoms. The first kappa shape index (κ1) is 13.5. The maximum absolute atomic E-state index is 10.3. The second-order valence-corrected chi connectivity index (χ2v) is 5.22. The van der Waals surface area contributed by atoms with Crippen LogP contribution in [0.25, 0.3) is 0 Å². The van der Waals surface area contributed by atoms with Crippen molar-refractivity contribution in [3.63, 3.8) is 0 Å². The Morgan fingerprint density at radius 3 is 2.83 bits per heavy atom. The minimum Gasteiger partial charge on any atom is -0.394 e. The molecule has 1 fully saturated rings. The lowest BCUT2D eigenvalue weighted by molar-refractivity contribution is 0.00467. The van der Waals surface area contributed by atoms with Gasteiger partial charge in [0.05, 0.1) is 24.9 Å². The number of nitrogens with zero attached hydrogens (tertiary/aromatic N) is 2. The Morgan fingerprint density at radius 2 is 2.11 bits per heavy atom. The van der Waals surface area contributed by atoms with Crippen LogP contribution in [0.3, 0.4) is 0 Å². The van der Waals surface area contributed by atoms with Crippen molar-refractivity contribution in [2.75, 3.05) is 13.2 Å². The largest absolute Gasteiger partial charge is 0.394 e. The summed E-state index contributed by atoms with van der Waals surface area (Å²) in [7, 11) is 0. The third-order valence-electron chi connectivity index (χ3n) is 3.58. The highest BCUT2D eigenvalue weighted by Crippen LogP contribution is 2.27. The molecular weight excluding hydrogens is 230 g/mol. The van der Waals surface area contributed by atoms with Gasteiger partial charge in [-0.3, -0.25) is 4.68 Å². The summed E-state index contributed by atoms with van der Waals surface area (Å²) in [4.78, 5) is 0. The van der Waals surface area contributed by atoms with E-state index in [1.807, 2.05) is 6.20 Å². The molecule has 0 bridgehead atoms. The quantitative estimate of drug-likeness (QED) is 0.696. The standard InChI is InChI=1S/C13H23N3O2/c17-7-6-16-10-12(9-15-16)8-14-11-13(18)4-2-1-3-5-13/h9-10,14,17-18H,1-8,11H2. The lowest BCUT2D eigenvalue weighted by atomic mass is 9.85. The zero-order valence-electron chi connectivity index (χ0n) is 10.8. The first-order chi connectivity index (χ1) is 8.72. The number of rotatable bonds is 6. The van der Waals surface area contributed by atoms with Crippen LogP contribution in [0.15, 0.2) is 12.4 Å². The number of hydrogen-bond donors (Lipinski definition) is 3. The molecule has 102 valence electrons. The molecule has 1 aromatic heterocycles. The van der Waals surface area contributed by atoms with E-state index in [1.54, 1.807) is 10.9 Å². The van der Waals surface area contributed by atoms with E-state index in [0.29, 0.717) is 19.6 Å². The normalized spacial score (nSPS) is 19.0. The van der Waals surface area contributed by atoms with Gasteiger partial charge in [-0.15, -0.1) is 0 Å². The third-order valence-corrected chi connectivity index (χ3v) is 3.58. The molecule has 0 radical (unpaired) electrons. The van der Waals surface area contributed by atoms with E-state index in [1.165, 1.54) is 6.42 Å². The summed E-state index contributed by atoms with van der Waals surface area (Å²) >= 11 is 0. The van der Waals surface area contributed by atoms with Crippen LogP contribution in [-0.2, 0) is 13.1 Å². The molecule has 2 rings (SSSR count). The molecule has 1 aliphatic rings. The molecule has 0 saturated heterocycles. The number of nitrogens with one attached hydrogen (secondary N) is 1. The molecule has 1 aromatic rings. The molecule has 18 heavy (non-hydrogen) atoms. The summed E-state index contributed by atoms with van der Waals surface area (Å²) in [6.07, 6.45) is 9.05. The van der Waals surface area contributed by atoms with Crippen LogP contribution in [0.1, 0.15) is 37.7 Å². The van der Waals surface area contributed by atoms with Gasteiger partial charge in [-0.1, -0.05) is 19.3 Å². The molecule has 0 atom stereocenters. The predicted molar refractivity (Wildman–Crippen MR) is 69.1 cm³/mol. The Morgan fingerprint density at radius 1 is 1.33 bits per heavy atom. The highest BCUT2D eigenvalue weighted by molar-refractivity contribution is 5.03. The Balaban J connectivity index is 1.73. The van der Waals surface area contributed by atoms with Gasteiger partial charge >= 0.3 is 0 Å². The van der Waals surface area contributed by atoms with E-state index in [2.05, 4.69) is 10.4 Å². The van der Waals surface area contributed by atoms with E-state index in [-0.39, 0.29) is 6.61 Å². The highest BCUT2D eigenvalue weighted by Gasteiger charge is 2.28. The van der Waals surface area contributed by atoms with Crippen LogP contribution in [-0.4, -0.2) is 38.7 Å². The van der Waals surface area contributed by atoms with Gasteiger partial charge in [0.15, 0.2) is 0 Å². The first-order valence-electron chi connectivity index (χ1n) is 6.77. The zero-order valence-corrected chi connectivity index (χ0v) is 10.8. The SMILES string of the molecule is OCCn1cc(CNCC2(O)CCCCC2)cn1. The Bertz CT molecular complexity index is 359. The lowest BCUT2D eigenvalue weighted by Crippen LogP contribution is -2.41. The van der Waals surface area contributed by atoms with Crippen LogP contribution in [0, 0.1) is 0 Å². The monoisotopic (exact) mass is 253 g/mol. The molecule has 1 aliphatic carbocycles. The van der Waals surface area contributed by atoms with Gasteiger partial charge in [0.25, 0.3) is 0 Å². The van der Waals surface area contributed by atoms with Crippen molar-refractivity contribution in [3.8, 4) is 0 Å². The minimum atomic E-state index is -0.515. The van der Waals surface area contributed by atoms with Crippen molar-refractivity contribution in [3.05, 3.63) is 18.0 Å². The van der Waals surface area contributed by atoms with Crippen LogP contribution in [0.4, 0.5) is 0 Å². The molecule has 1 heterocycles. The van der Waals surface area contributed by atoms with Crippen molar-refractivity contribution in [2.24, 2.45) is 0 Å². The molecule has 3 N–H and O–H groups in total. The van der Waals surface area contributed by atoms with Crippen LogP contribution < -0.4 is 5.32 Å². The summed E-state index contributed by atoms with van der Waals surface area (Å²) in [5.41, 5.74) is 0.571. The maximum Gasteiger partial charge on any atom is 0.0771 e. The Kier molecular flexibility index (Phi) is 4.74. The van der Waals surface area contributed by atoms with E-state index in [0.717, 1.165) is 31.2 Å². The summed E-state index contributed by atoms with van der Waals surface area (Å²) in [6.45, 7) is 2.00. The van der Waals surface area contributed by atoms with Gasteiger partial charge in [-0.2, -0.15) is 5.10 Å². The Labute approximate surface area is 108 Å². The molecule has 0 spiro atoms. The Hall–Kier alpha value is -0.910. The fraction of sp³-hybridized carbons (Fsp3) is 0.769. The second-order valence-electron chi connectivity index (χ2n) is 5.22. The van der Waals surface area contributed by atoms with Gasteiger partial charge in [0.1, 0.15) is 0 Å². The van der Waals surface area contributed by atoms with Crippen molar-refractivity contribution in [2.45, 2.75) is 50.8 Å². The average molecular weight is 253 g/mol. The number of hydrogen-bond acceptors (Lipinski definition) is 4. The zero-order chi connectivity index (χ0) is 12.8. The summed E-state index contributed by atoms with van der Waals surface area (Å²) in [6, 6.07) is 0. The highest BCUT2D eigenvalue weighted by atomic mass is 16.3. The van der Waals surface area contributed by atoms with Crippen molar-refractivity contribution < 1.29 is 10.2 Å². The van der Waals surface area contributed by atoms with Crippen molar-refractivity contribution in [1.29, 1.82) is 0 Å². The van der Waals surface area contributed by atoms with Crippen molar-refractivity contribution in [1.82, 2.24) is 15.1 Å². The van der Waals surface area contributed by atoms with Gasteiger partial charge < -0.3 is 15.5 Å². The molecule has 5 nitrogen and oxygen atoms in total. The van der Waals surface area contributed by atoms with Gasteiger partial charge in [-0.05, 0) is 12.8 Å². The second kappa shape index (κ2) is 6.31. The molecule has 0 amide bonds. The summed E-state index contributed by atoms with van der Waals surface area (Å²) in [5.74, 6) is 0. The number of aromatic nitrogens is 2. The van der Waals surface area contributed by atoms with Crippen molar-refractivity contribution >= 4 is 0 Å². The maximum atomic E-state index is 10.3. The third kappa shape index (κ3) is 3.80. The smallest absolute Gasteiger partial charge is 0.0771 e. The van der Waals surface area contributed by atoms with Gasteiger partial charge in [0, 0.05) is 24.8 Å². The topological polar surface area (TPSA) is 70.3 Å². The van der Waals surface area contributed by atoms with Crippen LogP contribution >= 0.6 is 0 Å². The predicted octanol–water partition coefficient (Wildman–Crippen LogP) is 0.660.